The number of H-pyrrole nitrogens is 1. The second-order valence-corrected chi connectivity index (χ2v) is 6.19. The highest BCUT2D eigenvalue weighted by Crippen LogP contribution is 2.32. The van der Waals surface area contributed by atoms with Gasteiger partial charge >= 0.3 is 0 Å². The van der Waals surface area contributed by atoms with Gasteiger partial charge in [-0.25, -0.2) is 4.98 Å². The van der Waals surface area contributed by atoms with Crippen LogP contribution in [0.3, 0.4) is 0 Å². The van der Waals surface area contributed by atoms with E-state index in [-0.39, 0.29) is 5.69 Å². The molecular formula is C17H16N4O4S. The molecule has 0 fully saturated rings. The first-order valence-corrected chi connectivity index (χ1v) is 8.60. The predicted octanol–water partition coefficient (Wildman–Crippen LogP) is 3.69. The molecule has 1 aromatic heterocycles. The van der Waals surface area contributed by atoms with E-state index in [1.54, 1.807) is 32.4 Å². The summed E-state index contributed by atoms with van der Waals surface area (Å²) in [5, 5.41) is 18.5. The summed E-state index contributed by atoms with van der Waals surface area (Å²) in [6.45, 7) is 0. The number of nitrogens with one attached hydrogen (secondary N) is 1. The highest BCUT2D eigenvalue weighted by atomic mass is 32.2. The molecule has 0 atom stereocenters. The lowest BCUT2D eigenvalue weighted by atomic mass is 10.2. The van der Waals surface area contributed by atoms with Crippen molar-refractivity contribution in [1.29, 1.82) is 0 Å². The van der Waals surface area contributed by atoms with Gasteiger partial charge in [0, 0.05) is 24.0 Å². The zero-order valence-electron chi connectivity index (χ0n) is 14.1. The van der Waals surface area contributed by atoms with Crippen molar-refractivity contribution < 1.29 is 14.4 Å². The number of aromatic nitrogens is 3. The number of ether oxygens (including phenoxy) is 2. The van der Waals surface area contributed by atoms with Gasteiger partial charge in [0.05, 0.1) is 24.7 Å². The minimum absolute atomic E-state index is 0.0711. The number of methoxy groups -OCH3 is 2. The number of hydrogen-bond donors (Lipinski definition) is 1. The number of benzene rings is 2. The molecule has 0 radical (unpaired) electrons. The van der Waals surface area contributed by atoms with Crippen molar-refractivity contribution in [3.05, 3.63) is 58.1 Å². The fraction of sp³-hybridized carbons (Fsp3) is 0.176. The Hall–Kier alpha value is -3.07. The van der Waals surface area contributed by atoms with Gasteiger partial charge in [0.2, 0.25) is 5.16 Å². The van der Waals surface area contributed by atoms with E-state index in [0.717, 1.165) is 11.1 Å². The molecule has 0 saturated heterocycles. The molecular weight excluding hydrogens is 356 g/mol. The first-order chi connectivity index (χ1) is 12.6. The summed E-state index contributed by atoms with van der Waals surface area (Å²) >= 11 is 1.39. The van der Waals surface area contributed by atoms with Crippen molar-refractivity contribution in [1.82, 2.24) is 15.2 Å². The van der Waals surface area contributed by atoms with Crippen LogP contribution in [0.25, 0.3) is 11.4 Å². The van der Waals surface area contributed by atoms with Gasteiger partial charge in [-0.05, 0) is 17.7 Å². The Kier molecular flexibility index (Phi) is 5.37. The number of hydrogen-bond acceptors (Lipinski definition) is 7. The molecule has 26 heavy (non-hydrogen) atoms. The quantitative estimate of drug-likeness (QED) is 0.383. The summed E-state index contributed by atoms with van der Waals surface area (Å²) in [6.07, 6.45) is 0. The summed E-state index contributed by atoms with van der Waals surface area (Å²) in [4.78, 5) is 14.9. The summed E-state index contributed by atoms with van der Waals surface area (Å²) in [6, 6.07) is 11.9. The molecule has 1 N–H and O–H groups in total. The van der Waals surface area contributed by atoms with Crippen LogP contribution < -0.4 is 9.47 Å². The van der Waals surface area contributed by atoms with Crippen LogP contribution in [0.2, 0.25) is 0 Å². The van der Waals surface area contributed by atoms with Crippen LogP contribution in [0.4, 0.5) is 5.69 Å². The number of nitro groups is 1. The SMILES string of the molecule is COc1ccc(-c2nc(SCc3cccc([N+](=O)[O-])c3)n[nH]2)c(OC)c1. The Balaban J connectivity index is 1.74. The van der Waals surface area contributed by atoms with Crippen LogP contribution >= 0.6 is 11.8 Å². The second kappa shape index (κ2) is 7.87. The van der Waals surface area contributed by atoms with Crippen molar-refractivity contribution in [3.63, 3.8) is 0 Å². The summed E-state index contributed by atoms with van der Waals surface area (Å²) < 4.78 is 10.6. The minimum Gasteiger partial charge on any atom is -0.497 e. The van der Waals surface area contributed by atoms with Gasteiger partial charge in [0.1, 0.15) is 11.5 Å². The third kappa shape index (κ3) is 3.94. The number of non-ortho nitro benzene ring substituents is 1. The Morgan fingerprint density at radius 2 is 2.04 bits per heavy atom. The number of aromatic amines is 1. The number of nitrogens with zero attached hydrogens (tertiary/aromatic N) is 3. The lowest BCUT2D eigenvalue weighted by molar-refractivity contribution is -0.384. The topological polar surface area (TPSA) is 103 Å². The molecule has 2 aromatic carbocycles. The molecule has 8 nitrogen and oxygen atoms in total. The highest BCUT2D eigenvalue weighted by molar-refractivity contribution is 7.98. The largest absolute Gasteiger partial charge is 0.497 e. The zero-order chi connectivity index (χ0) is 18.5. The molecule has 3 rings (SSSR count). The normalized spacial score (nSPS) is 10.5. The van der Waals surface area contributed by atoms with E-state index in [1.807, 2.05) is 18.2 Å². The van der Waals surface area contributed by atoms with E-state index in [1.165, 1.54) is 17.8 Å². The van der Waals surface area contributed by atoms with Crippen molar-refractivity contribution >= 4 is 17.4 Å². The maximum atomic E-state index is 10.8. The Labute approximate surface area is 153 Å². The average Bonchev–Trinajstić information content (AvgIpc) is 3.14. The maximum Gasteiger partial charge on any atom is 0.269 e. The molecule has 0 bridgehead atoms. The third-order valence-electron chi connectivity index (χ3n) is 3.62. The Morgan fingerprint density at radius 3 is 2.77 bits per heavy atom. The predicted molar refractivity (Wildman–Crippen MR) is 97.6 cm³/mol. The molecule has 0 amide bonds. The third-order valence-corrected chi connectivity index (χ3v) is 4.54. The van der Waals surface area contributed by atoms with E-state index in [2.05, 4.69) is 15.2 Å². The van der Waals surface area contributed by atoms with Crippen LogP contribution in [0.15, 0.2) is 47.6 Å². The number of rotatable bonds is 7. The molecule has 9 heteroatoms. The monoisotopic (exact) mass is 372 g/mol. The first-order valence-electron chi connectivity index (χ1n) is 7.61. The lowest BCUT2D eigenvalue weighted by Gasteiger charge is -2.07. The smallest absolute Gasteiger partial charge is 0.269 e. The van der Waals surface area contributed by atoms with Crippen LogP contribution in [0, 0.1) is 10.1 Å². The van der Waals surface area contributed by atoms with E-state index in [0.29, 0.717) is 28.2 Å². The molecule has 0 saturated carbocycles. The van der Waals surface area contributed by atoms with Crippen LogP contribution in [0.5, 0.6) is 11.5 Å². The van der Waals surface area contributed by atoms with E-state index in [4.69, 9.17) is 9.47 Å². The van der Waals surface area contributed by atoms with Gasteiger partial charge in [-0.1, -0.05) is 23.9 Å². The van der Waals surface area contributed by atoms with Crippen LogP contribution in [-0.4, -0.2) is 34.3 Å². The second-order valence-electron chi connectivity index (χ2n) is 5.25. The zero-order valence-corrected chi connectivity index (χ0v) is 14.9. The molecule has 0 aliphatic heterocycles. The first kappa shape index (κ1) is 17.7. The van der Waals surface area contributed by atoms with E-state index in [9.17, 15) is 10.1 Å². The maximum absolute atomic E-state index is 10.8. The van der Waals surface area contributed by atoms with Crippen molar-refractivity contribution in [2.75, 3.05) is 14.2 Å². The van der Waals surface area contributed by atoms with Gasteiger partial charge in [-0.15, -0.1) is 5.10 Å². The fourth-order valence-electron chi connectivity index (χ4n) is 2.33. The Bertz CT molecular complexity index is 929. The highest BCUT2D eigenvalue weighted by Gasteiger charge is 2.13. The Morgan fingerprint density at radius 1 is 1.19 bits per heavy atom. The van der Waals surface area contributed by atoms with Crippen LogP contribution in [0.1, 0.15) is 5.56 Å². The molecule has 1 heterocycles. The summed E-state index contributed by atoms with van der Waals surface area (Å²) in [5.41, 5.74) is 1.67. The van der Waals surface area contributed by atoms with Crippen LogP contribution in [-0.2, 0) is 5.75 Å². The van der Waals surface area contributed by atoms with E-state index < -0.39 is 4.92 Å². The molecule has 0 spiro atoms. The molecule has 134 valence electrons. The van der Waals surface area contributed by atoms with Crippen molar-refractivity contribution in [2.24, 2.45) is 0 Å². The minimum atomic E-state index is -0.408. The van der Waals surface area contributed by atoms with Gasteiger partial charge in [0.25, 0.3) is 5.69 Å². The van der Waals surface area contributed by atoms with E-state index >= 15 is 0 Å². The van der Waals surface area contributed by atoms with Crippen molar-refractivity contribution in [3.8, 4) is 22.9 Å². The lowest BCUT2D eigenvalue weighted by Crippen LogP contribution is -1.91. The van der Waals surface area contributed by atoms with Gasteiger partial charge in [-0.2, -0.15) is 0 Å². The van der Waals surface area contributed by atoms with Gasteiger partial charge < -0.3 is 9.47 Å². The number of nitro benzene ring substituents is 1. The standard InChI is InChI=1S/C17H16N4O4S/c1-24-13-6-7-14(15(9-13)25-2)16-18-17(20-19-16)26-10-11-4-3-5-12(8-11)21(22)23/h3-9H,10H2,1-2H3,(H,18,19,20). The molecule has 0 unspecified atom stereocenters. The number of thioether (sulfide) groups is 1. The average molecular weight is 372 g/mol. The fourth-order valence-corrected chi connectivity index (χ4v) is 3.07. The molecule has 0 aliphatic rings. The summed E-state index contributed by atoms with van der Waals surface area (Å²) in [7, 11) is 3.16. The van der Waals surface area contributed by atoms with Gasteiger partial charge in [-0.3, -0.25) is 15.2 Å². The molecule has 0 aliphatic carbocycles. The van der Waals surface area contributed by atoms with Gasteiger partial charge in [0.15, 0.2) is 5.82 Å². The summed E-state index contributed by atoms with van der Waals surface area (Å²) in [5.74, 6) is 2.41. The molecule has 3 aromatic rings. The van der Waals surface area contributed by atoms with Crippen molar-refractivity contribution in [2.45, 2.75) is 10.9 Å².